The van der Waals surface area contributed by atoms with Gasteiger partial charge in [0.2, 0.25) is 5.91 Å². The molecule has 104 valence electrons. The van der Waals surface area contributed by atoms with Gasteiger partial charge in [0.15, 0.2) is 0 Å². The Morgan fingerprint density at radius 1 is 1.35 bits per heavy atom. The molecule has 0 radical (unpaired) electrons. The molecule has 0 aliphatic carbocycles. The first kappa shape index (κ1) is 14.2. The lowest BCUT2D eigenvalue weighted by Gasteiger charge is -2.05. The minimum atomic E-state index is -0.0306. The number of hydrogen-bond acceptors (Lipinski definition) is 3. The summed E-state index contributed by atoms with van der Waals surface area (Å²) in [4.78, 5) is 12.2. The second kappa shape index (κ2) is 6.29. The molecule has 0 bridgehead atoms. The SMILES string of the molecule is Cn1cc(CNC(=O)Cc2ccc(C(N)=S)cc2)cn1. The van der Waals surface area contributed by atoms with Gasteiger partial charge in [0.1, 0.15) is 4.99 Å². The highest BCUT2D eigenvalue weighted by molar-refractivity contribution is 7.80. The van der Waals surface area contributed by atoms with Gasteiger partial charge in [-0.05, 0) is 5.56 Å². The van der Waals surface area contributed by atoms with E-state index in [1.165, 1.54) is 0 Å². The average molecular weight is 288 g/mol. The fourth-order valence-corrected chi connectivity index (χ4v) is 1.93. The van der Waals surface area contributed by atoms with E-state index in [0.717, 1.165) is 16.7 Å². The molecule has 0 spiro atoms. The van der Waals surface area contributed by atoms with Crippen LogP contribution in [-0.4, -0.2) is 20.7 Å². The van der Waals surface area contributed by atoms with Crippen molar-refractivity contribution >= 4 is 23.1 Å². The molecule has 1 amide bonds. The number of nitrogens with one attached hydrogen (secondary N) is 1. The Balaban J connectivity index is 1.86. The highest BCUT2D eigenvalue weighted by Gasteiger charge is 2.05. The quantitative estimate of drug-likeness (QED) is 0.802. The second-order valence-electron chi connectivity index (χ2n) is 4.54. The molecule has 0 atom stereocenters. The molecule has 2 rings (SSSR count). The summed E-state index contributed by atoms with van der Waals surface area (Å²) in [5.74, 6) is -0.0306. The smallest absolute Gasteiger partial charge is 0.224 e. The van der Waals surface area contributed by atoms with Crippen LogP contribution in [0.5, 0.6) is 0 Å². The molecule has 1 aromatic heterocycles. The zero-order valence-corrected chi connectivity index (χ0v) is 12.0. The standard InChI is InChI=1S/C14H16N4OS/c1-18-9-11(8-17-18)7-16-13(19)6-10-2-4-12(5-3-10)14(15)20/h2-5,8-9H,6-7H2,1H3,(H2,15,20)(H,16,19). The Bertz CT molecular complexity index is 618. The van der Waals surface area contributed by atoms with Crippen molar-refractivity contribution in [2.75, 3.05) is 0 Å². The van der Waals surface area contributed by atoms with Crippen LogP contribution >= 0.6 is 12.2 Å². The molecular weight excluding hydrogens is 272 g/mol. The topological polar surface area (TPSA) is 72.9 Å². The third-order valence-corrected chi connectivity index (χ3v) is 3.09. The van der Waals surface area contributed by atoms with Crippen molar-refractivity contribution in [3.63, 3.8) is 0 Å². The number of rotatable bonds is 5. The van der Waals surface area contributed by atoms with Crippen LogP contribution in [0.3, 0.4) is 0 Å². The van der Waals surface area contributed by atoms with Gasteiger partial charge < -0.3 is 11.1 Å². The lowest BCUT2D eigenvalue weighted by molar-refractivity contribution is -0.120. The van der Waals surface area contributed by atoms with Crippen LogP contribution in [0.15, 0.2) is 36.7 Å². The van der Waals surface area contributed by atoms with Gasteiger partial charge in [-0.15, -0.1) is 0 Å². The summed E-state index contributed by atoms with van der Waals surface area (Å²) in [5.41, 5.74) is 8.23. The summed E-state index contributed by atoms with van der Waals surface area (Å²) < 4.78 is 1.70. The van der Waals surface area contributed by atoms with Gasteiger partial charge in [0, 0.05) is 30.9 Å². The molecule has 2 aromatic rings. The Hall–Kier alpha value is -2.21. The Kier molecular flexibility index (Phi) is 4.47. The summed E-state index contributed by atoms with van der Waals surface area (Å²) in [7, 11) is 1.84. The molecule has 20 heavy (non-hydrogen) atoms. The fourth-order valence-electron chi connectivity index (χ4n) is 1.80. The maximum absolute atomic E-state index is 11.8. The third kappa shape index (κ3) is 3.89. The van der Waals surface area contributed by atoms with Crippen LogP contribution in [0.4, 0.5) is 0 Å². The molecule has 1 aromatic carbocycles. The van der Waals surface area contributed by atoms with E-state index in [1.54, 1.807) is 10.9 Å². The van der Waals surface area contributed by atoms with Crippen LogP contribution in [0, 0.1) is 0 Å². The molecule has 5 nitrogen and oxygen atoms in total. The van der Waals surface area contributed by atoms with Crippen molar-refractivity contribution in [3.05, 3.63) is 53.3 Å². The van der Waals surface area contributed by atoms with Crippen molar-refractivity contribution in [3.8, 4) is 0 Å². The molecule has 1 heterocycles. The number of benzene rings is 1. The predicted octanol–water partition coefficient (Wildman–Crippen LogP) is 0.913. The van der Waals surface area contributed by atoms with Crippen molar-refractivity contribution in [1.29, 1.82) is 0 Å². The maximum Gasteiger partial charge on any atom is 0.224 e. The van der Waals surface area contributed by atoms with Gasteiger partial charge in [0.05, 0.1) is 12.6 Å². The average Bonchev–Trinajstić information content (AvgIpc) is 2.83. The van der Waals surface area contributed by atoms with E-state index < -0.39 is 0 Å². The zero-order valence-electron chi connectivity index (χ0n) is 11.2. The van der Waals surface area contributed by atoms with Crippen LogP contribution in [0.25, 0.3) is 0 Å². The van der Waals surface area contributed by atoms with Crippen LogP contribution in [-0.2, 0) is 24.8 Å². The first-order chi connectivity index (χ1) is 9.54. The Morgan fingerprint density at radius 2 is 2.05 bits per heavy atom. The van der Waals surface area contributed by atoms with Gasteiger partial charge in [0.25, 0.3) is 0 Å². The van der Waals surface area contributed by atoms with Gasteiger partial charge in [-0.25, -0.2) is 0 Å². The molecule has 0 aliphatic heterocycles. The number of carbonyl (C=O) groups is 1. The van der Waals surface area contributed by atoms with Crippen molar-refractivity contribution in [2.45, 2.75) is 13.0 Å². The number of hydrogen-bond donors (Lipinski definition) is 2. The summed E-state index contributed by atoms with van der Waals surface area (Å²) >= 11 is 4.88. The molecule has 0 aliphatic rings. The van der Waals surface area contributed by atoms with Gasteiger partial charge in [-0.3, -0.25) is 9.48 Å². The number of thiocarbonyl (C=S) groups is 1. The van der Waals surface area contributed by atoms with Crippen LogP contribution in [0.2, 0.25) is 0 Å². The highest BCUT2D eigenvalue weighted by Crippen LogP contribution is 2.05. The lowest BCUT2D eigenvalue weighted by atomic mass is 10.1. The van der Waals surface area contributed by atoms with E-state index in [-0.39, 0.29) is 5.91 Å². The number of nitrogens with two attached hydrogens (primary N) is 1. The molecule has 0 saturated heterocycles. The first-order valence-corrected chi connectivity index (χ1v) is 6.58. The number of nitrogens with zero attached hydrogens (tertiary/aromatic N) is 2. The Morgan fingerprint density at radius 3 is 2.60 bits per heavy atom. The fraction of sp³-hybridized carbons (Fsp3) is 0.214. The van der Waals surface area contributed by atoms with Crippen molar-refractivity contribution < 1.29 is 4.79 Å². The number of carbonyl (C=O) groups excluding carboxylic acids is 1. The number of aryl methyl sites for hydroxylation is 1. The monoisotopic (exact) mass is 288 g/mol. The Labute approximate surface area is 122 Å². The minimum Gasteiger partial charge on any atom is -0.389 e. The number of aromatic nitrogens is 2. The van der Waals surface area contributed by atoms with E-state index >= 15 is 0 Å². The zero-order chi connectivity index (χ0) is 14.5. The summed E-state index contributed by atoms with van der Waals surface area (Å²) in [5, 5.41) is 6.90. The van der Waals surface area contributed by atoms with Gasteiger partial charge in [-0.2, -0.15) is 5.10 Å². The minimum absolute atomic E-state index is 0.0306. The van der Waals surface area contributed by atoms with Gasteiger partial charge >= 0.3 is 0 Å². The van der Waals surface area contributed by atoms with Crippen molar-refractivity contribution in [1.82, 2.24) is 15.1 Å². The van der Waals surface area contributed by atoms with Crippen LogP contribution in [0.1, 0.15) is 16.7 Å². The largest absolute Gasteiger partial charge is 0.389 e. The van der Waals surface area contributed by atoms with E-state index in [1.807, 2.05) is 37.5 Å². The molecule has 6 heteroatoms. The molecule has 3 N–H and O–H groups in total. The second-order valence-corrected chi connectivity index (χ2v) is 4.98. The van der Waals surface area contributed by atoms with Crippen LogP contribution < -0.4 is 11.1 Å². The predicted molar refractivity (Wildman–Crippen MR) is 81.1 cm³/mol. The van der Waals surface area contributed by atoms with Gasteiger partial charge in [-0.1, -0.05) is 36.5 Å². The first-order valence-electron chi connectivity index (χ1n) is 6.17. The highest BCUT2D eigenvalue weighted by atomic mass is 32.1. The summed E-state index contributed by atoms with van der Waals surface area (Å²) in [6.45, 7) is 0.484. The lowest BCUT2D eigenvalue weighted by Crippen LogP contribution is -2.24. The summed E-state index contributed by atoms with van der Waals surface area (Å²) in [6, 6.07) is 7.37. The maximum atomic E-state index is 11.8. The molecular formula is C14H16N4OS. The molecule has 0 fully saturated rings. The van der Waals surface area contributed by atoms with E-state index in [0.29, 0.717) is 18.0 Å². The van der Waals surface area contributed by atoms with Crippen molar-refractivity contribution in [2.24, 2.45) is 12.8 Å². The molecule has 0 saturated carbocycles. The summed E-state index contributed by atoms with van der Waals surface area (Å²) in [6.07, 6.45) is 3.94. The van der Waals surface area contributed by atoms with E-state index in [9.17, 15) is 4.79 Å². The number of amides is 1. The van der Waals surface area contributed by atoms with E-state index in [4.69, 9.17) is 18.0 Å². The molecule has 0 unspecified atom stereocenters. The van der Waals surface area contributed by atoms with E-state index in [2.05, 4.69) is 10.4 Å². The third-order valence-electron chi connectivity index (χ3n) is 2.85. The normalized spacial score (nSPS) is 10.2.